The van der Waals surface area contributed by atoms with Crippen molar-refractivity contribution in [3.8, 4) is 0 Å². The summed E-state index contributed by atoms with van der Waals surface area (Å²) in [7, 11) is -2.97. The van der Waals surface area contributed by atoms with Gasteiger partial charge in [0, 0.05) is 29.9 Å². The Morgan fingerprint density at radius 1 is 1.33 bits per heavy atom. The first-order valence-corrected chi connectivity index (χ1v) is 8.84. The quantitative estimate of drug-likeness (QED) is 0.851. The number of hydrogen-bond acceptors (Lipinski definition) is 4. The van der Waals surface area contributed by atoms with Crippen molar-refractivity contribution in [2.45, 2.75) is 26.4 Å². The van der Waals surface area contributed by atoms with Crippen LogP contribution in [0.2, 0.25) is 0 Å². The second kappa shape index (κ2) is 6.76. The number of sulfone groups is 1. The molecule has 21 heavy (non-hydrogen) atoms. The number of nitrogens with zero attached hydrogens (tertiary/aromatic N) is 2. The van der Waals surface area contributed by atoms with E-state index < -0.39 is 9.84 Å². The Hall–Kier alpha value is -1.82. The number of rotatable bonds is 7. The van der Waals surface area contributed by atoms with Gasteiger partial charge in [0.05, 0.1) is 12.3 Å². The van der Waals surface area contributed by atoms with Gasteiger partial charge in [-0.05, 0) is 30.7 Å². The molecule has 0 aliphatic heterocycles. The third kappa shape index (κ3) is 4.90. The van der Waals surface area contributed by atoms with E-state index in [0.29, 0.717) is 6.54 Å². The number of nitrogens with one attached hydrogen (secondary N) is 1. The summed E-state index contributed by atoms with van der Waals surface area (Å²) in [5, 5.41) is 7.42. The van der Waals surface area contributed by atoms with Gasteiger partial charge in [-0.25, -0.2) is 8.42 Å². The molecule has 1 aromatic heterocycles. The topological polar surface area (TPSA) is 64.0 Å². The van der Waals surface area contributed by atoms with Gasteiger partial charge in [-0.1, -0.05) is 19.1 Å². The van der Waals surface area contributed by atoms with Gasteiger partial charge < -0.3 is 5.32 Å². The molecule has 6 heteroatoms. The Morgan fingerprint density at radius 2 is 2.14 bits per heavy atom. The van der Waals surface area contributed by atoms with Crippen LogP contribution in [0.5, 0.6) is 0 Å². The molecule has 0 amide bonds. The van der Waals surface area contributed by atoms with E-state index in [0.717, 1.165) is 11.3 Å². The monoisotopic (exact) mass is 307 g/mol. The Kier molecular flexibility index (Phi) is 5.01. The molecule has 0 fully saturated rings. The number of aromatic nitrogens is 2. The largest absolute Gasteiger partial charge is 0.382 e. The summed E-state index contributed by atoms with van der Waals surface area (Å²) in [5.74, 6) is 0.325. The molecule has 1 heterocycles. The first-order valence-electron chi connectivity index (χ1n) is 7.02. The van der Waals surface area contributed by atoms with E-state index in [2.05, 4.69) is 10.4 Å². The van der Waals surface area contributed by atoms with Crippen LogP contribution in [0.1, 0.15) is 19.4 Å². The van der Waals surface area contributed by atoms with E-state index >= 15 is 0 Å². The highest BCUT2D eigenvalue weighted by atomic mass is 32.2. The molecule has 0 aliphatic rings. The van der Waals surface area contributed by atoms with E-state index in [1.165, 1.54) is 0 Å². The van der Waals surface area contributed by atoms with Crippen LogP contribution in [0, 0.1) is 0 Å². The van der Waals surface area contributed by atoms with Crippen LogP contribution in [-0.2, 0) is 16.4 Å². The van der Waals surface area contributed by atoms with Crippen molar-refractivity contribution in [2.24, 2.45) is 0 Å². The Morgan fingerprint density at radius 3 is 2.81 bits per heavy atom. The minimum atomic E-state index is -2.97. The molecular formula is C15H21N3O2S. The van der Waals surface area contributed by atoms with Gasteiger partial charge in [0.15, 0.2) is 9.84 Å². The van der Waals surface area contributed by atoms with Crippen LogP contribution in [0.15, 0.2) is 42.7 Å². The summed E-state index contributed by atoms with van der Waals surface area (Å²) in [6.07, 6.45) is 3.66. The lowest BCUT2D eigenvalue weighted by atomic mass is 10.2. The van der Waals surface area contributed by atoms with Gasteiger partial charge >= 0.3 is 0 Å². The van der Waals surface area contributed by atoms with Crippen molar-refractivity contribution in [3.05, 3.63) is 48.3 Å². The summed E-state index contributed by atoms with van der Waals surface area (Å²) in [6.45, 7) is 4.25. The predicted octanol–water partition coefficient (Wildman–Crippen LogP) is 2.17. The fourth-order valence-corrected chi connectivity index (χ4v) is 3.25. The van der Waals surface area contributed by atoms with Gasteiger partial charge in [-0.2, -0.15) is 5.10 Å². The molecule has 0 aliphatic carbocycles. The molecule has 0 radical (unpaired) electrons. The van der Waals surface area contributed by atoms with Crippen LogP contribution in [0.4, 0.5) is 5.69 Å². The van der Waals surface area contributed by atoms with E-state index in [-0.39, 0.29) is 17.5 Å². The van der Waals surface area contributed by atoms with E-state index in [9.17, 15) is 8.42 Å². The Balaban J connectivity index is 2.01. The molecule has 0 saturated carbocycles. The van der Waals surface area contributed by atoms with Crippen molar-refractivity contribution >= 4 is 15.5 Å². The third-order valence-corrected chi connectivity index (χ3v) is 5.08. The van der Waals surface area contributed by atoms with Crippen molar-refractivity contribution in [1.29, 1.82) is 0 Å². The normalized spacial score (nSPS) is 13.0. The third-order valence-electron chi connectivity index (χ3n) is 3.19. The molecule has 1 unspecified atom stereocenters. The number of benzene rings is 1. The van der Waals surface area contributed by atoms with Gasteiger partial charge in [-0.3, -0.25) is 4.68 Å². The van der Waals surface area contributed by atoms with Crippen LogP contribution >= 0.6 is 0 Å². The highest BCUT2D eigenvalue weighted by Crippen LogP contribution is 2.13. The zero-order valence-corrected chi connectivity index (χ0v) is 13.2. The van der Waals surface area contributed by atoms with Gasteiger partial charge in [-0.15, -0.1) is 0 Å². The minimum Gasteiger partial charge on any atom is -0.382 e. The molecule has 0 spiro atoms. The van der Waals surface area contributed by atoms with E-state index in [1.807, 2.05) is 48.1 Å². The molecule has 0 saturated heterocycles. The molecule has 114 valence electrons. The highest BCUT2D eigenvalue weighted by Gasteiger charge is 2.13. The maximum Gasteiger partial charge on any atom is 0.152 e. The van der Waals surface area contributed by atoms with Crippen molar-refractivity contribution in [1.82, 2.24) is 9.78 Å². The van der Waals surface area contributed by atoms with Crippen LogP contribution in [0.3, 0.4) is 0 Å². The lowest BCUT2D eigenvalue weighted by Gasteiger charge is -2.15. The van der Waals surface area contributed by atoms with Crippen molar-refractivity contribution in [2.75, 3.05) is 16.8 Å². The second-order valence-corrected chi connectivity index (χ2v) is 7.55. The van der Waals surface area contributed by atoms with E-state index in [4.69, 9.17) is 0 Å². The van der Waals surface area contributed by atoms with Gasteiger partial charge in [0.2, 0.25) is 0 Å². The summed E-state index contributed by atoms with van der Waals surface area (Å²) < 4.78 is 25.1. The number of anilines is 1. The average molecular weight is 307 g/mol. The number of hydrogen-bond donors (Lipinski definition) is 1. The lowest BCUT2D eigenvalue weighted by Crippen LogP contribution is -2.26. The summed E-state index contributed by atoms with van der Waals surface area (Å²) in [6, 6.07) is 9.73. The van der Waals surface area contributed by atoms with Gasteiger partial charge in [0.25, 0.3) is 0 Å². The SMILES string of the molecule is CCS(=O)(=O)CC(C)Nc1cccc(Cn2cccn2)c1. The molecule has 1 aromatic carbocycles. The Bertz CT molecular complexity index is 666. The highest BCUT2D eigenvalue weighted by molar-refractivity contribution is 7.91. The fraction of sp³-hybridized carbons (Fsp3) is 0.400. The van der Waals surface area contributed by atoms with Crippen LogP contribution < -0.4 is 5.32 Å². The van der Waals surface area contributed by atoms with Crippen LogP contribution in [-0.4, -0.2) is 35.7 Å². The maximum absolute atomic E-state index is 11.6. The molecule has 0 bridgehead atoms. The molecule has 1 atom stereocenters. The molecular weight excluding hydrogens is 286 g/mol. The fourth-order valence-electron chi connectivity index (χ4n) is 2.17. The van der Waals surface area contributed by atoms with Crippen LogP contribution in [0.25, 0.3) is 0 Å². The first-order chi connectivity index (χ1) is 9.98. The lowest BCUT2D eigenvalue weighted by molar-refractivity contribution is 0.593. The van der Waals surface area contributed by atoms with Gasteiger partial charge in [0.1, 0.15) is 0 Å². The molecule has 2 rings (SSSR count). The van der Waals surface area contributed by atoms with Crippen molar-refractivity contribution in [3.63, 3.8) is 0 Å². The predicted molar refractivity (Wildman–Crippen MR) is 85.2 cm³/mol. The summed E-state index contributed by atoms with van der Waals surface area (Å²) >= 11 is 0. The minimum absolute atomic E-state index is 0.116. The maximum atomic E-state index is 11.6. The van der Waals surface area contributed by atoms with E-state index in [1.54, 1.807) is 13.1 Å². The summed E-state index contributed by atoms with van der Waals surface area (Å²) in [5.41, 5.74) is 2.05. The molecule has 5 nitrogen and oxygen atoms in total. The Labute approximate surface area is 125 Å². The average Bonchev–Trinajstić information content (AvgIpc) is 2.91. The summed E-state index contributed by atoms with van der Waals surface area (Å²) in [4.78, 5) is 0. The zero-order valence-electron chi connectivity index (χ0n) is 12.4. The smallest absolute Gasteiger partial charge is 0.152 e. The molecule has 2 aromatic rings. The standard InChI is InChI=1S/C15H21N3O2S/c1-3-21(19,20)12-13(2)17-15-7-4-6-14(10-15)11-18-9-5-8-16-18/h4-10,13,17H,3,11-12H2,1-2H3. The molecule has 1 N–H and O–H groups in total. The second-order valence-electron chi connectivity index (χ2n) is 5.15. The zero-order chi connectivity index (χ0) is 15.3. The first kappa shape index (κ1) is 15.6. The van der Waals surface area contributed by atoms with Crippen molar-refractivity contribution < 1.29 is 8.42 Å².